The van der Waals surface area contributed by atoms with Gasteiger partial charge in [0.1, 0.15) is 5.76 Å². The number of nitrogens with zero attached hydrogens (tertiary/aromatic N) is 1. The van der Waals surface area contributed by atoms with Crippen LogP contribution in [0.4, 0.5) is 0 Å². The summed E-state index contributed by atoms with van der Waals surface area (Å²) in [5, 5.41) is 2.82. The fourth-order valence-electron chi connectivity index (χ4n) is 2.17. The first-order valence-corrected chi connectivity index (χ1v) is 6.91. The highest BCUT2D eigenvalue weighted by atomic mass is 16.7. The van der Waals surface area contributed by atoms with Gasteiger partial charge in [-0.1, -0.05) is 24.3 Å². The molecule has 2 aromatic rings. The van der Waals surface area contributed by atoms with Gasteiger partial charge in [-0.15, -0.1) is 0 Å². The SMILES string of the molecule is COC(OC)c1ccc(CNC(=O)c2nc(C)oc2C)cc1. The van der Waals surface area contributed by atoms with Gasteiger partial charge in [-0.25, -0.2) is 4.98 Å². The second-order valence-electron chi connectivity index (χ2n) is 4.87. The zero-order valence-corrected chi connectivity index (χ0v) is 13.2. The van der Waals surface area contributed by atoms with Gasteiger partial charge in [-0.3, -0.25) is 4.79 Å². The van der Waals surface area contributed by atoms with Crippen LogP contribution in [0.2, 0.25) is 0 Å². The lowest BCUT2D eigenvalue weighted by molar-refractivity contribution is -0.106. The van der Waals surface area contributed by atoms with Crippen molar-refractivity contribution in [1.29, 1.82) is 0 Å². The number of ether oxygens (including phenoxy) is 2. The first-order chi connectivity index (χ1) is 10.5. The Kier molecular flexibility index (Phi) is 5.30. The minimum Gasteiger partial charge on any atom is -0.445 e. The largest absolute Gasteiger partial charge is 0.445 e. The Labute approximate surface area is 129 Å². The Morgan fingerprint density at radius 2 is 1.86 bits per heavy atom. The van der Waals surface area contributed by atoms with Crippen molar-refractivity contribution in [3.8, 4) is 0 Å². The molecule has 0 saturated heterocycles. The van der Waals surface area contributed by atoms with E-state index in [0.717, 1.165) is 11.1 Å². The Bertz CT molecular complexity index is 630. The summed E-state index contributed by atoms with van der Waals surface area (Å²) < 4.78 is 15.6. The van der Waals surface area contributed by atoms with Crippen molar-refractivity contribution in [3.05, 3.63) is 52.7 Å². The number of rotatable bonds is 6. The number of hydrogen-bond acceptors (Lipinski definition) is 5. The minimum atomic E-state index is -0.385. The molecule has 0 fully saturated rings. The maximum atomic E-state index is 12.0. The van der Waals surface area contributed by atoms with Crippen molar-refractivity contribution in [2.75, 3.05) is 14.2 Å². The van der Waals surface area contributed by atoms with Crippen LogP contribution in [0.5, 0.6) is 0 Å². The number of nitrogens with one attached hydrogen (secondary N) is 1. The lowest BCUT2D eigenvalue weighted by Crippen LogP contribution is -2.23. The second kappa shape index (κ2) is 7.20. The van der Waals surface area contributed by atoms with Gasteiger partial charge in [0.05, 0.1) is 0 Å². The molecule has 0 saturated carbocycles. The van der Waals surface area contributed by atoms with Crippen molar-refractivity contribution >= 4 is 5.91 Å². The van der Waals surface area contributed by atoms with Crippen LogP contribution in [0.15, 0.2) is 28.7 Å². The first-order valence-electron chi connectivity index (χ1n) is 6.91. The molecule has 0 aliphatic rings. The molecule has 1 N–H and O–H groups in total. The fraction of sp³-hybridized carbons (Fsp3) is 0.375. The summed E-state index contributed by atoms with van der Waals surface area (Å²) in [4.78, 5) is 16.1. The molecule has 0 bridgehead atoms. The molecular weight excluding hydrogens is 284 g/mol. The van der Waals surface area contributed by atoms with Crippen LogP contribution >= 0.6 is 0 Å². The Balaban J connectivity index is 1.97. The van der Waals surface area contributed by atoms with Crippen LogP contribution in [0.3, 0.4) is 0 Å². The summed E-state index contributed by atoms with van der Waals surface area (Å²) in [5.41, 5.74) is 2.22. The van der Waals surface area contributed by atoms with Crippen molar-refractivity contribution < 1.29 is 18.7 Å². The van der Waals surface area contributed by atoms with Gasteiger partial charge in [-0.2, -0.15) is 0 Å². The Hall–Kier alpha value is -2.18. The molecule has 22 heavy (non-hydrogen) atoms. The van der Waals surface area contributed by atoms with Crippen molar-refractivity contribution in [1.82, 2.24) is 10.3 Å². The van der Waals surface area contributed by atoms with Crippen LogP contribution < -0.4 is 5.32 Å². The molecule has 6 nitrogen and oxygen atoms in total. The molecule has 1 aromatic heterocycles. The molecule has 118 valence electrons. The van der Waals surface area contributed by atoms with E-state index in [9.17, 15) is 4.79 Å². The Morgan fingerprint density at radius 1 is 1.23 bits per heavy atom. The molecule has 0 spiro atoms. The number of methoxy groups -OCH3 is 2. The van der Waals surface area contributed by atoms with Crippen LogP contribution in [0.1, 0.15) is 39.6 Å². The lowest BCUT2D eigenvalue weighted by Gasteiger charge is -2.14. The zero-order chi connectivity index (χ0) is 16.1. The van der Waals surface area contributed by atoms with E-state index in [4.69, 9.17) is 13.9 Å². The second-order valence-corrected chi connectivity index (χ2v) is 4.87. The van der Waals surface area contributed by atoms with E-state index in [-0.39, 0.29) is 12.2 Å². The number of aromatic nitrogens is 1. The fourth-order valence-corrected chi connectivity index (χ4v) is 2.17. The average molecular weight is 304 g/mol. The van der Waals surface area contributed by atoms with Gasteiger partial charge < -0.3 is 19.2 Å². The van der Waals surface area contributed by atoms with E-state index in [1.165, 1.54) is 0 Å². The molecule has 6 heteroatoms. The number of oxazole rings is 1. The van der Waals surface area contributed by atoms with Crippen LogP contribution in [-0.4, -0.2) is 25.1 Å². The number of carbonyl (C=O) groups excluding carboxylic acids is 1. The molecule has 0 atom stereocenters. The summed E-state index contributed by atoms with van der Waals surface area (Å²) in [6.45, 7) is 3.85. The van der Waals surface area contributed by atoms with Crippen molar-refractivity contribution in [2.24, 2.45) is 0 Å². The first kappa shape index (κ1) is 16.2. The van der Waals surface area contributed by atoms with E-state index < -0.39 is 0 Å². The molecule has 1 aromatic carbocycles. The third-order valence-corrected chi connectivity index (χ3v) is 3.25. The lowest BCUT2D eigenvalue weighted by atomic mass is 10.1. The molecule has 2 rings (SSSR count). The predicted molar refractivity (Wildman–Crippen MR) is 80.3 cm³/mol. The van der Waals surface area contributed by atoms with E-state index in [1.807, 2.05) is 24.3 Å². The zero-order valence-electron chi connectivity index (χ0n) is 13.2. The van der Waals surface area contributed by atoms with Gasteiger partial charge in [0.15, 0.2) is 17.9 Å². The average Bonchev–Trinajstić information content (AvgIpc) is 2.86. The van der Waals surface area contributed by atoms with Gasteiger partial charge in [0, 0.05) is 33.3 Å². The topological polar surface area (TPSA) is 73.6 Å². The third kappa shape index (κ3) is 3.72. The highest BCUT2D eigenvalue weighted by Gasteiger charge is 2.15. The number of carbonyl (C=O) groups is 1. The van der Waals surface area contributed by atoms with Gasteiger partial charge in [-0.05, 0) is 12.5 Å². The quantitative estimate of drug-likeness (QED) is 0.830. The monoisotopic (exact) mass is 304 g/mol. The van der Waals surface area contributed by atoms with Crippen molar-refractivity contribution in [3.63, 3.8) is 0 Å². The van der Waals surface area contributed by atoms with E-state index >= 15 is 0 Å². The van der Waals surface area contributed by atoms with Crippen molar-refractivity contribution in [2.45, 2.75) is 26.7 Å². The smallest absolute Gasteiger partial charge is 0.273 e. The van der Waals surface area contributed by atoms with E-state index in [2.05, 4.69) is 10.3 Å². The van der Waals surface area contributed by atoms with Crippen LogP contribution in [0.25, 0.3) is 0 Å². The molecule has 0 unspecified atom stereocenters. The maximum absolute atomic E-state index is 12.0. The van der Waals surface area contributed by atoms with Gasteiger partial charge in [0.2, 0.25) is 0 Å². The number of benzene rings is 1. The number of hydrogen-bond donors (Lipinski definition) is 1. The van der Waals surface area contributed by atoms with Gasteiger partial charge in [0.25, 0.3) is 5.91 Å². The summed E-state index contributed by atoms with van der Waals surface area (Å²) in [7, 11) is 3.18. The number of aryl methyl sites for hydroxylation is 2. The summed E-state index contributed by atoms with van der Waals surface area (Å²) >= 11 is 0. The third-order valence-electron chi connectivity index (χ3n) is 3.25. The van der Waals surface area contributed by atoms with E-state index in [0.29, 0.717) is 23.9 Å². The molecule has 0 aliphatic heterocycles. The van der Waals surface area contributed by atoms with Gasteiger partial charge >= 0.3 is 0 Å². The Morgan fingerprint density at radius 3 is 2.36 bits per heavy atom. The van der Waals surface area contributed by atoms with Crippen LogP contribution in [0, 0.1) is 13.8 Å². The molecule has 0 radical (unpaired) electrons. The molecule has 1 heterocycles. The highest BCUT2D eigenvalue weighted by Crippen LogP contribution is 2.17. The normalized spacial score (nSPS) is 11.0. The number of amides is 1. The summed E-state index contributed by atoms with van der Waals surface area (Å²) in [6.07, 6.45) is -0.385. The summed E-state index contributed by atoms with van der Waals surface area (Å²) in [5.74, 6) is 0.760. The van der Waals surface area contributed by atoms with Crippen LogP contribution in [-0.2, 0) is 16.0 Å². The standard InChI is InChI=1S/C16H20N2O4/c1-10-14(18-11(2)22-10)15(19)17-9-12-5-7-13(8-6-12)16(20-3)21-4/h5-8,16H,9H2,1-4H3,(H,17,19). The molecular formula is C16H20N2O4. The minimum absolute atomic E-state index is 0.245. The molecule has 0 aliphatic carbocycles. The summed E-state index contributed by atoms with van der Waals surface area (Å²) in [6, 6.07) is 7.65. The van der Waals surface area contributed by atoms with E-state index in [1.54, 1.807) is 28.1 Å². The molecule has 1 amide bonds. The predicted octanol–water partition coefficient (Wildman–Crippen LogP) is 2.51. The highest BCUT2D eigenvalue weighted by molar-refractivity contribution is 5.93. The maximum Gasteiger partial charge on any atom is 0.273 e.